The van der Waals surface area contributed by atoms with Gasteiger partial charge in [0.1, 0.15) is 17.2 Å². The van der Waals surface area contributed by atoms with Gasteiger partial charge in [0.15, 0.2) is 5.16 Å². The summed E-state index contributed by atoms with van der Waals surface area (Å²) in [6.45, 7) is 0.312. The monoisotopic (exact) mass is 461 g/mol. The molecule has 0 unspecified atom stereocenters. The Labute approximate surface area is 188 Å². The molecule has 3 aromatic rings. The van der Waals surface area contributed by atoms with Crippen LogP contribution in [-0.4, -0.2) is 36.4 Å². The number of thioether (sulfide) groups is 1. The van der Waals surface area contributed by atoms with E-state index in [2.05, 4.69) is 9.97 Å². The summed E-state index contributed by atoms with van der Waals surface area (Å²) < 4.78 is 10.6. The van der Waals surface area contributed by atoms with Gasteiger partial charge in [0.2, 0.25) is 0 Å². The van der Waals surface area contributed by atoms with Gasteiger partial charge in [-0.25, -0.2) is 9.97 Å². The molecule has 154 valence electrons. The van der Waals surface area contributed by atoms with Crippen molar-refractivity contribution in [3.63, 3.8) is 0 Å². The van der Waals surface area contributed by atoms with Crippen LogP contribution in [0.4, 0.5) is 5.69 Å². The second-order valence-electron chi connectivity index (χ2n) is 6.45. The highest BCUT2D eigenvalue weighted by Gasteiger charge is 2.34. The molecule has 2 aromatic carbocycles. The second-order valence-corrected chi connectivity index (χ2v) is 8.03. The van der Waals surface area contributed by atoms with Crippen molar-refractivity contribution >= 4 is 46.6 Å². The first-order chi connectivity index (χ1) is 14.5. The number of hydrogen-bond acceptors (Lipinski definition) is 6. The molecule has 0 atom stereocenters. The molecule has 0 radical (unpaired) electrons. The zero-order chi connectivity index (χ0) is 21.4. The van der Waals surface area contributed by atoms with E-state index >= 15 is 0 Å². The molecule has 0 bridgehead atoms. The standard InChI is InChI=1S/C21H17Cl2N3O3S/c1-28-12-6-4-5-11(7-12)26-10-14-18(24-21(30-3)25-19(14)20(26)27)13-8-17(29-2)16(23)9-15(13)22/h4-9H,10H2,1-3H3. The van der Waals surface area contributed by atoms with Gasteiger partial charge in [-0.1, -0.05) is 41.0 Å². The van der Waals surface area contributed by atoms with Crippen molar-refractivity contribution in [2.45, 2.75) is 11.7 Å². The van der Waals surface area contributed by atoms with Crippen LogP contribution >= 0.6 is 35.0 Å². The minimum absolute atomic E-state index is 0.200. The van der Waals surface area contributed by atoms with Gasteiger partial charge in [-0.3, -0.25) is 4.79 Å². The topological polar surface area (TPSA) is 64.6 Å². The van der Waals surface area contributed by atoms with Crippen LogP contribution in [0.1, 0.15) is 16.1 Å². The quantitative estimate of drug-likeness (QED) is 0.376. The number of anilines is 1. The molecule has 0 saturated carbocycles. The highest BCUT2D eigenvalue weighted by Crippen LogP contribution is 2.41. The van der Waals surface area contributed by atoms with E-state index in [1.807, 2.05) is 30.5 Å². The number of rotatable bonds is 5. The fraction of sp³-hybridized carbons (Fsp3) is 0.190. The van der Waals surface area contributed by atoms with Crippen molar-refractivity contribution in [3.8, 4) is 22.8 Å². The van der Waals surface area contributed by atoms with Crippen molar-refractivity contribution in [2.24, 2.45) is 0 Å². The van der Waals surface area contributed by atoms with Crippen molar-refractivity contribution in [2.75, 3.05) is 25.4 Å². The molecular weight excluding hydrogens is 445 g/mol. The first kappa shape index (κ1) is 20.8. The average molecular weight is 462 g/mol. The van der Waals surface area contributed by atoms with Crippen LogP contribution in [0.25, 0.3) is 11.3 Å². The van der Waals surface area contributed by atoms with E-state index in [4.69, 9.17) is 32.7 Å². The Morgan fingerprint density at radius 3 is 2.50 bits per heavy atom. The number of fused-ring (bicyclic) bond motifs is 1. The molecule has 30 heavy (non-hydrogen) atoms. The van der Waals surface area contributed by atoms with E-state index in [-0.39, 0.29) is 5.91 Å². The van der Waals surface area contributed by atoms with Gasteiger partial charge in [0.25, 0.3) is 5.91 Å². The molecule has 0 saturated heterocycles. The number of nitrogens with zero attached hydrogens (tertiary/aromatic N) is 3. The fourth-order valence-corrected chi connectivity index (χ4v) is 4.23. The molecule has 4 rings (SSSR count). The third-order valence-electron chi connectivity index (χ3n) is 4.79. The van der Waals surface area contributed by atoms with Crippen LogP contribution in [0, 0.1) is 0 Å². The number of amides is 1. The van der Waals surface area contributed by atoms with Crippen LogP contribution in [0.15, 0.2) is 41.6 Å². The van der Waals surface area contributed by atoms with E-state index in [9.17, 15) is 4.79 Å². The maximum absolute atomic E-state index is 13.2. The molecule has 1 aliphatic heterocycles. The number of methoxy groups -OCH3 is 2. The van der Waals surface area contributed by atoms with Crippen molar-refractivity contribution in [1.82, 2.24) is 9.97 Å². The van der Waals surface area contributed by atoms with Crippen molar-refractivity contribution in [1.29, 1.82) is 0 Å². The molecule has 6 nitrogen and oxygen atoms in total. The summed E-state index contributed by atoms with van der Waals surface area (Å²) in [5.41, 5.74) is 2.99. The van der Waals surface area contributed by atoms with E-state index in [0.29, 0.717) is 61.4 Å². The summed E-state index contributed by atoms with van der Waals surface area (Å²) in [6.07, 6.45) is 1.86. The summed E-state index contributed by atoms with van der Waals surface area (Å²) in [4.78, 5) is 24.0. The Bertz CT molecular complexity index is 1160. The third kappa shape index (κ3) is 3.57. The summed E-state index contributed by atoms with van der Waals surface area (Å²) in [5.74, 6) is 0.940. The lowest BCUT2D eigenvalue weighted by atomic mass is 10.1. The number of carbonyl (C=O) groups is 1. The average Bonchev–Trinajstić information content (AvgIpc) is 3.10. The van der Waals surface area contributed by atoms with Crippen molar-refractivity contribution < 1.29 is 14.3 Å². The molecule has 0 fully saturated rings. The lowest BCUT2D eigenvalue weighted by Crippen LogP contribution is -2.23. The number of aromatic nitrogens is 2. The Kier molecular flexibility index (Phi) is 5.77. The fourth-order valence-electron chi connectivity index (χ4n) is 3.32. The van der Waals surface area contributed by atoms with Crippen LogP contribution in [0.5, 0.6) is 11.5 Å². The molecular formula is C21H17Cl2N3O3S. The van der Waals surface area contributed by atoms with Gasteiger partial charge in [0.05, 0.1) is 36.5 Å². The number of hydrogen-bond donors (Lipinski definition) is 0. The highest BCUT2D eigenvalue weighted by molar-refractivity contribution is 7.98. The smallest absolute Gasteiger partial charge is 0.277 e. The number of benzene rings is 2. The Balaban J connectivity index is 1.87. The summed E-state index contributed by atoms with van der Waals surface area (Å²) >= 11 is 14.1. The second kappa shape index (κ2) is 8.34. The van der Waals surface area contributed by atoms with E-state index < -0.39 is 0 Å². The SMILES string of the molecule is COc1cccc(N2Cc3c(nc(SC)nc3-c3cc(OC)c(Cl)cc3Cl)C2=O)c1. The van der Waals surface area contributed by atoms with Gasteiger partial charge < -0.3 is 14.4 Å². The highest BCUT2D eigenvalue weighted by atomic mass is 35.5. The summed E-state index contributed by atoms with van der Waals surface area (Å²) in [6, 6.07) is 10.7. The number of halogens is 2. The normalized spacial score (nSPS) is 12.8. The van der Waals surface area contributed by atoms with Crippen LogP contribution in [0.2, 0.25) is 10.0 Å². The number of ether oxygens (including phenoxy) is 2. The Morgan fingerprint density at radius 2 is 1.80 bits per heavy atom. The molecule has 0 spiro atoms. The predicted octanol–water partition coefficient (Wildman–Crippen LogP) is 5.35. The molecule has 1 aromatic heterocycles. The van der Waals surface area contributed by atoms with Crippen LogP contribution < -0.4 is 14.4 Å². The molecule has 1 aliphatic rings. The van der Waals surface area contributed by atoms with E-state index in [1.54, 1.807) is 24.1 Å². The predicted molar refractivity (Wildman–Crippen MR) is 119 cm³/mol. The molecule has 2 heterocycles. The maximum atomic E-state index is 13.2. The lowest BCUT2D eigenvalue weighted by Gasteiger charge is -2.16. The maximum Gasteiger partial charge on any atom is 0.277 e. The van der Waals surface area contributed by atoms with Gasteiger partial charge in [-0.05, 0) is 30.5 Å². The lowest BCUT2D eigenvalue weighted by molar-refractivity contribution is 0.0991. The van der Waals surface area contributed by atoms with Gasteiger partial charge >= 0.3 is 0 Å². The van der Waals surface area contributed by atoms with Gasteiger partial charge in [0, 0.05) is 22.9 Å². The van der Waals surface area contributed by atoms with Crippen LogP contribution in [-0.2, 0) is 6.54 Å². The van der Waals surface area contributed by atoms with Gasteiger partial charge in [-0.15, -0.1) is 0 Å². The minimum atomic E-state index is -0.200. The zero-order valence-corrected chi connectivity index (χ0v) is 18.7. The molecule has 0 N–H and O–H groups in total. The van der Waals surface area contributed by atoms with E-state index in [0.717, 1.165) is 0 Å². The summed E-state index contributed by atoms with van der Waals surface area (Å²) in [5, 5.41) is 1.30. The molecule has 1 amide bonds. The summed E-state index contributed by atoms with van der Waals surface area (Å²) in [7, 11) is 3.12. The third-order valence-corrected chi connectivity index (χ3v) is 5.95. The Hall–Kier alpha value is -2.48. The van der Waals surface area contributed by atoms with Gasteiger partial charge in [-0.2, -0.15) is 0 Å². The molecule has 9 heteroatoms. The first-order valence-corrected chi connectivity index (χ1v) is 10.9. The largest absolute Gasteiger partial charge is 0.497 e. The minimum Gasteiger partial charge on any atom is -0.497 e. The Morgan fingerprint density at radius 1 is 1.03 bits per heavy atom. The van der Waals surface area contributed by atoms with E-state index in [1.165, 1.54) is 18.9 Å². The number of carbonyl (C=O) groups excluding carboxylic acids is 1. The molecule has 0 aliphatic carbocycles. The first-order valence-electron chi connectivity index (χ1n) is 8.91. The zero-order valence-electron chi connectivity index (χ0n) is 16.4. The van der Waals surface area contributed by atoms with Crippen LogP contribution in [0.3, 0.4) is 0 Å². The van der Waals surface area contributed by atoms with Crippen molar-refractivity contribution in [3.05, 3.63) is 57.7 Å².